The molecule has 0 aliphatic carbocycles. The molecular formula is C23H28N4O2. The zero-order valence-corrected chi connectivity index (χ0v) is 17.1. The van der Waals surface area contributed by atoms with Gasteiger partial charge in [-0.2, -0.15) is 0 Å². The van der Waals surface area contributed by atoms with Crippen LogP contribution in [0.1, 0.15) is 41.4 Å². The van der Waals surface area contributed by atoms with Crippen molar-refractivity contribution in [3.8, 4) is 5.75 Å². The van der Waals surface area contributed by atoms with E-state index in [4.69, 9.17) is 4.74 Å². The van der Waals surface area contributed by atoms with Crippen LogP contribution in [0, 0.1) is 6.92 Å². The number of hydrogen-bond donors (Lipinski definition) is 1. The lowest BCUT2D eigenvalue weighted by molar-refractivity contribution is 0.0691. The highest BCUT2D eigenvalue weighted by Crippen LogP contribution is 2.19. The van der Waals surface area contributed by atoms with Crippen molar-refractivity contribution in [1.29, 1.82) is 0 Å². The molecule has 1 N–H and O–H groups in total. The van der Waals surface area contributed by atoms with Crippen molar-refractivity contribution in [2.24, 2.45) is 0 Å². The van der Waals surface area contributed by atoms with Crippen LogP contribution in [0.15, 0.2) is 48.8 Å². The van der Waals surface area contributed by atoms with Crippen molar-refractivity contribution < 1.29 is 9.53 Å². The number of nitrogens with zero attached hydrogens (tertiary/aromatic N) is 3. The molecule has 4 rings (SSSR count). The predicted octanol–water partition coefficient (Wildman–Crippen LogP) is 3.44. The van der Waals surface area contributed by atoms with Gasteiger partial charge in [0.15, 0.2) is 0 Å². The minimum atomic E-state index is 0.0780. The predicted molar refractivity (Wildman–Crippen MR) is 113 cm³/mol. The SMILES string of the molecule is CCCN(C(=O)c1cccc(OCc2cn3cc(C)ccc3n2)c1)C1CCNC1. The standard InChI is InChI=1S/C23H28N4O2/c1-3-11-27(20-9-10-24-13-20)23(28)18-5-4-6-21(12-18)29-16-19-15-26-14-17(2)7-8-22(26)25-19/h4-8,12,14-15,20,24H,3,9-11,13,16H2,1-2H3. The van der Waals surface area contributed by atoms with E-state index in [-0.39, 0.29) is 11.9 Å². The van der Waals surface area contributed by atoms with Gasteiger partial charge in [0.1, 0.15) is 18.0 Å². The molecule has 3 heterocycles. The fraction of sp³-hybridized carbons (Fsp3) is 0.391. The van der Waals surface area contributed by atoms with Crippen LogP contribution in [0.5, 0.6) is 5.75 Å². The van der Waals surface area contributed by atoms with E-state index in [1.807, 2.05) is 58.1 Å². The molecule has 6 heteroatoms. The number of ether oxygens (including phenoxy) is 1. The molecular weight excluding hydrogens is 364 g/mol. The third-order valence-corrected chi connectivity index (χ3v) is 5.32. The number of rotatable bonds is 7. The first-order chi connectivity index (χ1) is 14.1. The van der Waals surface area contributed by atoms with Gasteiger partial charge in [0.2, 0.25) is 0 Å². The number of hydrogen-bond acceptors (Lipinski definition) is 4. The molecule has 6 nitrogen and oxygen atoms in total. The Kier molecular flexibility index (Phi) is 5.81. The highest BCUT2D eigenvalue weighted by atomic mass is 16.5. The van der Waals surface area contributed by atoms with Crippen LogP contribution in [-0.4, -0.2) is 45.9 Å². The molecule has 1 aromatic carbocycles. The lowest BCUT2D eigenvalue weighted by atomic mass is 10.1. The molecule has 1 aliphatic heterocycles. The van der Waals surface area contributed by atoms with Crippen LogP contribution in [0.2, 0.25) is 0 Å². The zero-order valence-electron chi connectivity index (χ0n) is 17.1. The number of aryl methyl sites for hydroxylation is 1. The molecule has 29 heavy (non-hydrogen) atoms. The lowest BCUT2D eigenvalue weighted by Gasteiger charge is -2.28. The molecule has 3 aromatic rings. The van der Waals surface area contributed by atoms with Crippen molar-refractivity contribution >= 4 is 11.6 Å². The van der Waals surface area contributed by atoms with E-state index in [0.717, 1.165) is 43.8 Å². The first-order valence-corrected chi connectivity index (χ1v) is 10.3. The Balaban J connectivity index is 1.46. The van der Waals surface area contributed by atoms with Gasteiger partial charge in [-0.25, -0.2) is 4.98 Å². The average molecular weight is 393 g/mol. The Bertz CT molecular complexity index is 991. The number of carbonyl (C=O) groups is 1. The maximum absolute atomic E-state index is 13.1. The van der Waals surface area contributed by atoms with Gasteiger partial charge in [0, 0.05) is 37.1 Å². The van der Waals surface area contributed by atoms with Gasteiger partial charge >= 0.3 is 0 Å². The second kappa shape index (κ2) is 8.66. The van der Waals surface area contributed by atoms with Crippen molar-refractivity contribution in [1.82, 2.24) is 19.6 Å². The number of benzene rings is 1. The Hall–Kier alpha value is -2.86. The van der Waals surface area contributed by atoms with Gasteiger partial charge in [-0.1, -0.05) is 19.1 Å². The Morgan fingerprint density at radius 3 is 3.00 bits per heavy atom. The topological polar surface area (TPSA) is 58.9 Å². The minimum absolute atomic E-state index is 0.0780. The van der Waals surface area contributed by atoms with Crippen LogP contribution in [-0.2, 0) is 6.61 Å². The third kappa shape index (κ3) is 4.43. The Labute approximate surface area is 171 Å². The molecule has 0 spiro atoms. The molecule has 1 atom stereocenters. The number of pyridine rings is 1. The first-order valence-electron chi connectivity index (χ1n) is 10.3. The van der Waals surface area contributed by atoms with Crippen LogP contribution in [0.3, 0.4) is 0 Å². The molecule has 1 fully saturated rings. The zero-order chi connectivity index (χ0) is 20.2. The summed E-state index contributed by atoms with van der Waals surface area (Å²) < 4.78 is 7.96. The summed E-state index contributed by atoms with van der Waals surface area (Å²) in [6.45, 7) is 7.15. The first kappa shape index (κ1) is 19.5. The number of carbonyl (C=O) groups excluding carboxylic acids is 1. The number of amides is 1. The van der Waals surface area contributed by atoms with Crippen molar-refractivity contribution in [3.63, 3.8) is 0 Å². The summed E-state index contributed by atoms with van der Waals surface area (Å²) in [7, 11) is 0. The smallest absolute Gasteiger partial charge is 0.254 e. The molecule has 1 amide bonds. The normalized spacial score (nSPS) is 16.3. The van der Waals surface area contributed by atoms with Crippen molar-refractivity contribution in [2.75, 3.05) is 19.6 Å². The summed E-state index contributed by atoms with van der Waals surface area (Å²) >= 11 is 0. The second-order valence-electron chi connectivity index (χ2n) is 7.67. The summed E-state index contributed by atoms with van der Waals surface area (Å²) in [5.74, 6) is 0.763. The number of aromatic nitrogens is 2. The summed E-state index contributed by atoms with van der Waals surface area (Å²) in [5.41, 5.74) is 3.62. The van der Waals surface area contributed by atoms with Gasteiger partial charge in [0.25, 0.3) is 5.91 Å². The van der Waals surface area contributed by atoms with E-state index in [1.165, 1.54) is 5.56 Å². The van der Waals surface area contributed by atoms with Gasteiger partial charge in [0.05, 0.1) is 5.69 Å². The quantitative estimate of drug-likeness (QED) is 0.669. The molecule has 0 saturated carbocycles. The van der Waals surface area contributed by atoms with E-state index in [9.17, 15) is 4.79 Å². The maximum Gasteiger partial charge on any atom is 0.254 e. The fourth-order valence-electron chi connectivity index (χ4n) is 3.86. The highest BCUT2D eigenvalue weighted by Gasteiger charge is 2.26. The minimum Gasteiger partial charge on any atom is -0.487 e. The molecule has 0 bridgehead atoms. The van der Waals surface area contributed by atoms with E-state index in [1.54, 1.807) is 0 Å². The Morgan fingerprint density at radius 2 is 2.21 bits per heavy atom. The average Bonchev–Trinajstić information content (AvgIpc) is 3.39. The van der Waals surface area contributed by atoms with Crippen molar-refractivity contribution in [2.45, 2.75) is 39.3 Å². The number of nitrogens with one attached hydrogen (secondary N) is 1. The van der Waals surface area contributed by atoms with E-state index >= 15 is 0 Å². The molecule has 1 unspecified atom stereocenters. The van der Waals surface area contributed by atoms with Crippen molar-refractivity contribution in [3.05, 3.63) is 65.6 Å². The maximum atomic E-state index is 13.1. The van der Waals surface area contributed by atoms with Crippen LogP contribution >= 0.6 is 0 Å². The molecule has 1 saturated heterocycles. The summed E-state index contributed by atoms with van der Waals surface area (Å²) in [6.07, 6.45) is 5.99. The molecule has 0 radical (unpaired) electrons. The van der Waals surface area contributed by atoms with Crippen LogP contribution < -0.4 is 10.1 Å². The second-order valence-corrected chi connectivity index (χ2v) is 7.67. The van der Waals surface area contributed by atoms with E-state index in [0.29, 0.717) is 17.9 Å². The third-order valence-electron chi connectivity index (χ3n) is 5.32. The molecule has 152 valence electrons. The van der Waals surface area contributed by atoms with E-state index < -0.39 is 0 Å². The number of fused-ring (bicyclic) bond motifs is 1. The monoisotopic (exact) mass is 392 g/mol. The molecule has 1 aliphatic rings. The van der Waals surface area contributed by atoms with E-state index in [2.05, 4.69) is 24.1 Å². The summed E-state index contributed by atoms with van der Waals surface area (Å²) in [4.78, 5) is 19.7. The summed E-state index contributed by atoms with van der Waals surface area (Å²) in [5, 5.41) is 3.35. The van der Waals surface area contributed by atoms with Crippen LogP contribution in [0.25, 0.3) is 5.65 Å². The van der Waals surface area contributed by atoms with Gasteiger partial charge < -0.3 is 19.4 Å². The lowest BCUT2D eigenvalue weighted by Crippen LogP contribution is -2.42. The summed E-state index contributed by atoms with van der Waals surface area (Å²) in [6, 6.07) is 11.8. The van der Waals surface area contributed by atoms with Gasteiger partial charge in [-0.05, 0) is 56.1 Å². The van der Waals surface area contributed by atoms with Gasteiger partial charge in [-0.3, -0.25) is 4.79 Å². The Morgan fingerprint density at radius 1 is 1.31 bits per heavy atom. The van der Waals surface area contributed by atoms with Crippen LogP contribution in [0.4, 0.5) is 0 Å². The van der Waals surface area contributed by atoms with Gasteiger partial charge in [-0.15, -0.1) is 0 Å². The number of imidazole rings is 1. The largest absolute Gasteiger partial charge is 0.487 e. The fourth-order valence-corrected chi connectivity index (χ4v) is 3.86. The highest BCUT2D eigenvalue weighted by molar-refractivity contribution is 5.94. The molecule has 2 aromatic heterocycles.